The van der Waals surface area contributed by atoms with E-state index < -0.39 is 0 Å². The van der Waals surface area contributed by atoms with Gasteiger partial charge in [0.05, 0.1) is 11.4 Å². The maximum atomic E-state index is 14.1. The summed E-state index contributed by atoms with van der Waals surface area (Å²) in [5, 5.41) is 3.11. The van der Waals surface area contributed by atoms with Gasteiger partial charge in [-0.3, -0.25) is 14.5 Å². The van der Waals surface area contributed by atoms with Gasteiger partial charge in [0, 0.05) is 16.3 Å². The molecule has 2 amide bonds. The molecule has 32 heavy (non-hydrogen) atoms. The van der Waals surface area contributed by atoms with Crippen molar-refractivity contribution in [3.63, 3.8) is 0 Å². The summed E-state index contributed by atoms with van der Waals surface area (Å²) in [5.74, 6) is 0.169. The fourth-order valence-corrected chi connectivity index (χ4v) is 4.69. The highest BCUT2D eigenvalue weighted by Gasteiger charge is 2.35. The number of carbonyl (C=O) groups is 2. The number of ether oxygens (including phenoxy) is 1. The number of carbonyl (C=O) groups excluding carboxylic acids is 2. The van der Waals surface area contributed by atoms with Crippen LogP contribution in [-0.4, -0.2) is 24.2 Å². The van der Waals surface area contributed by atoms with Crippen LogP contribution in [0.2, 0.25) is 5.02 Å². The van der Waals surface area contributed by atoms with Crippen LogP contribution in [0.5, 0.6) is 5.75 Å². The van der Waals surface area contributed by atoms with E-state index in [0.29, 0.717) is 33.5 Å². The van der Waals surface area contributed by atoms with Gasteiger partial charge in [-0.15, -0.1) is 11.8 Å². The number of hydrogen-bond acceptors (Lipinski definition) is 4. The van der Waals surface area contributed by atoms with E-state index in [2.05, 4.69) is 5.32 Å². The molecule has 1 saturated heterocycles. The standard InChI is InChI=1S/C24H20ClFN2O3S/c1-15-20(26)3-2-4-21(15)28-23(30)14-32-24(28)16-5-9-18(10-6-16)27-22(29)13-31-19-11-7-17(25)8-12-19/h2-12,24H,13-14H2,1H3,(H,27,29). The number of halogens is 2. The SMILES string of the molecule is Cc1c(F)cccc1N1C(=O)CSC1c1ccc(NC(=O)COc2ccc(Cl)cc2)cc1. The molecule has 3 aromatic carbocycles. The number of thioether (sulfide) groups is 1. The number of benzene rings is 3. The van der Waals surface area contributed by atoms with Crippen LogP contribution in [0, 0.1) is 12.7 Å². The summed E-state index contributed by atoms with van der Waals surface area (Å²) in [6.45, 7) is 1.53. The maximum absolute atomic E-state index is 14.1. The molecule has 8 heteroatoms. The number of hydrogen-bond donors (Lipinski definition) is 1. The summed E-state index contributed by atoms with van der Waals surface area (Å²) in [5.41, 5.74) is 2.51. The predicted molar refractivity (Wildman–Crippen MR) is 126 cm³/mol. The van der Waals surface area contributed by atoms with Crippen LogP contribution in [0.15, 0.2) is 66.7 Å². The van der Waals surface area contributed by atoms with Crippen LogP contribution in [0.4, 0.5) is 15.8 Å². The molecular formula is C24H20ClFN2O3S. The van der Waals surface area contributed by atoms with Crippen molar-refractivity contribution in [1.82, 2.24) is 0 Å². The Morgan fingerprint density at radius 1 is 1.16 bits per heavy atom. The van der Waals surface area contributed by atoms with Crippen LogP contribution >= 0.6 is 23.4 Å². The van der Waals surface area contributed by atoms with Gasteiger partial charge in [0.15, 0.2) is 6.61 Å². The molecule has 5 nitrogen and oxygen atoms in total. The van der Waals surface area contributed by atoms with E-state index in [1.165, 1.54) is 17.8 Å². The predicted octanol–water partition coefficient (Wildman–Crippen LogP) is 5.58. The normalized spacial score (nSPS) is 15.7. The summed E-state index contributed by atoms with van der Waals surface area (Å²) in [6, 6.07) is 18.8. The van der Waals surface area contributed by atoms with E-state index in [9.17, 15) is 14.0 Å². The maximum Gasteiger partial charge on any atom is 0.262 e. The Kier molecular flexibility index (Phi) is 6.67. The molecule has 1 unspecified atom stereocenters. The molecular weight excluding hydrogens is 451 g/mol. The quantitative estimate of drug-likeness (QED) is 0.510. The molecule has 1 atom stereocenters. The van der Waals surface area contributed by atoms with Crippen molar-refractivity contribution in [3.8, 4) is 5.75 Å². The highest BCUT2D eigenvalue weighted by molar-refractivity contribution is 8.00. The first kappa shape index (κ1) is 22.2. The topological polar surface area (TPSA) is 58.6 Å². The van der Waals surface area contributed by atoms with Gasteiger partial charge >= 0.3 is 0 Å². The smallest absolute Gasteiger partial charge is 0.262 e. The first-order valence-electron chi connectivity index (χ1n) is 9.89. The molecule has 0 aromatic heterocycles. The molecule has 0 radical (unpaired) electrons. The fraction of sp³-hybridized carbons (Fsp3) is 0.167. The third kappa shape index (κ3) is 4.89. The molecule has 0 spiro atoms. The molecule has 0 aliphatic carbocycles. The van der Waals surface area contributed by atoms with Crippen molar-refractivity contribution in [2.24, 2.45) is 0 Å². The van der Waals surface area contributed by atoms with E-state index in [-0.39, 0.29) is 29.6 Å². The molecule has 1 N–H and O–H groups in total. The largest absolute Gasteiger partial charge is 0.484 e. The Bertz CT molecular complexity index is 1140. The second-order valence-corrected chi connectivity index (χ2v) is 8.73. The zero-order chi connectivity index (χ0) is 22.7. The second-order valence-electron chi connectivity index (χ2n) is 7.22. The fourth-order valence-electron chi connectivity index (χ4n) is 3.40. The van der Waals surface area contributed by atoms with Crippen LogP contribution in [-0.2, 0) is 9.59 Å². The Hall–Kier alpha value is -3.03. The summed E-state index contributed by atoms with van der Waals surface area (Å²) in [4.78, 5) is 26.4. The van der Waals surface area contributed by atoms with Crippen molar-refractivity contribution in [2.75, 3.05) is 22.6 Å². The average Bonchev–Trinajstić information content (AvgIpc) is 3.17. The van der Waals surface area contributed by atoms with Gasteiger partial charge in [-0.25, -0.2) is 4.39 Å². The van der Waals surface area contributed by atoms with Crippen molar-refractivity contribution < 1.29 is 18.7 Å². The van der Waals surface area contributed by atoms with Crippen LogP contribution in [0.1, 0.15) is 16.5 Å². The molecule has 1 aliphatic heterocycles. The number of nitrogens with one attached hydrogen (secondary N) is 1. The van der Waals surface area contributed by atoms with Crippen LogP contribution in [0.25, 0.3) is 0 Å². The van der Waals surface area contributed by atoms with Crippen LogP contribution in [0.3, 0.4) is 0 Å². The Morgan fingerprint density at radius 3 is 2.59 bits per heavy atom. The number of nitrogens with zero attached hydrogens (tertiary/aromatic N) is 1. The molecule has 1 aliphatic rings. The zero-order valence-corrected chi connectivity index (χ0v) is 18.8. The van der Waals surface area contributed by atoms with E-state index in [1.807, 2.05) is 12.1 Å². The van der Waals surface area contributed by atoms with Gasteiger partial charge in [-0.05, 0) is 61.0 Å². The van der Waals surface area contributed by atoms with Gasteiger partial charge in [0.1, 0.15) is 16.9 Å². The van der Waals surface area contributed by atoms with Gasteiger partial charge in [-0.1, -0.05) is 29.8 Å². The molecule has 1 fully saturated rings. The van der Waals surface area contributed by atoms with E-state index in [1.54, 1.807) is 60.4 Å². The lowest BCUT2D eigenvalue weighted by molar-refractivity contribution is -0.118. The third-order valence-electron chi connectivity index (χ3n) is 5.03. The van der Waals surface area contributed by atoms with E-state index in [4.69, 9.17) is 16.3 Å². The molecule has 1 heterocycles. The van der Waals surface area contributed by atoms with Crippen molar-refractivity contribution >= 4 is 46.6 Å². The lowest BCUT2D eigenvalue weighted by Gasteiger charge is -2.26. The highest BCUT2D eigenvalue weighted by atomic mass is 35.5. The Labute approximate surface area is 194 Å². The van der Waals surface area contributed by atoms with Crippen LogP contribution < -0.4 is 15.0 Å². The minimum Gasteiger partial charge on any atom is -0.484 e. The molecule has 3 aromatic rings. The molecule has 164 valence electrons. The van der Waals surface area contributed by atoms with Gasteiger partial charge in [-0.2, -0.15) is 0 Å². The Balaban J connectivity index is 1.42. The first-order valence-corrected chi connectivity index (χ1v) is 11.3. The van der Waals surface area contributed by atoms with Gasteiger partial charge in [0.25, 0.3) is 5.91 Å². The molecule has 0 bridgehead atoms. The lowest BCUT2D eigenvalue weighted by Crippen LogP contribution is -2.28. The lowest BCUT2D eigenvalue weighted by atomic mass is 10.1. The monoisotopic (exact) mass is 470 g/mol. The Morgan fingerprint density at radius 2 is 1.88 bits per heavy atom. The third-order valence-corrected chi connectivity index (χ3v) is 6.49. The van der Waals surface area contributed by atoms with Crippen molar-refractivity contribution in [3.05, 3.63) is 88.7 Å². The summed E-state index contributed by atoms with van der Waals surface area (Å²) in [7, 11) is 0. The number of rotatable bonds is 6. The van der Waals surface area contributed by atoms with Crippen molar-refractivity contribution in [1.29, 1.82) is 0 Å². The van der Waals surface area contributed by atoms with Crippen molar-refractivity contribution in [2.45, 2.75) is 12.3 Å². The highest BCUT2D eigenvalue weighted by Crippen LogP contribution is 2.43. The minimum absolute atomic E-state index is 0.0644. The zero-order valence-electron chi connectivity index (χ0n) is 17.2. The number of anilines is 2. The van der Waals surface area contributed by atoms with E-state index in [0.717, 1.165) is 5.56 Å². The summed E-state index contributed by atoms with van der Waals surface area (Å²) >= 11 is 7.32. The second kappa shape index (κ2) is 9.63. The average molecular weight is 471 g/mol. The number of amides is 2. The molecule has 0 saturated carbocycles. The van der Waals surface area contributed by atoms with E-state index >= 15 is 0 Å². The molecule has 4 rings (SSSR count). The van der Waals surface area contributed by atoms with Gasteiger partial charge < -0.3 is 10.1 Å². The minimum atomic E-state index is -0.343. The summed E-state index contributed by atoms with van der Waals surface area (Å²) in [6.07, 6.45) is 0. The summed E-state index contributed by atoms with van der Waals surface area (Å²) < 4.78 is 19.5. The van der Waals surface area contributed by atoms with Gasteiger partial charge in [0.2, 0.25) is 5.91 Å². The first-order chi connectivity index (χ1) is 15.4.